The van der Waals surface area contributed by atoms with Gasteiger partial charge in [0.05, 0.1) is 10.7 Å². The zero-order valence-electron chi connectivity index (χ0n) is 9.36. The summed E-state index contributed by atoms with van der Waals surface area (Å²) in [7, 11) is 0. The summed E-state index contributed by atoms with van der Waals surface area (Å²) in [5.41, 5.74) is 0.221. The second kappa shape index (κ2) is 6.80. The fourth-order valence-corrected chi connectivity index (χ4v) is 1.40. The molecule has 0 atom stereocenters. The van der Waals surface area contributed by atoms with Crippen molar-refractivity contribution in [1.29, 1.82) is 0 Å². The summed E-state index contributed by atoms with van der Waals surface area (Å²) in [6, 6.07) is 4.49. The predicted octanol–water partition coefficient (Wildman–Crippen LogP) is 3.86. The van der Waals surface area contributed by atoms with Crippen molar-refractivity contribution in [2.24, 2.45) is 0 Å². The van der Waals surface area contributed by atoms with E-state index in [2.05, 4.69) is 10.1 Å². The third-order valence-electron chi connectivity index (χ3n) is 2.00. The van der Waals surface area contributed by atoms with E-state index in [9.17, 15) is 17.6 Å². The number of benzene rings is 1. The Balaban J connectivity index is 2.20. The van der Waals surface area contributed by atoms with Crippen LogP contribution in [-0.4, -0.2) is 25.9 Å². The highest BCUT2D eigenvalue weighted by atomic mass is 35.5. The lowest BCUT2D eigenvalue weighted by Crippen LogP contribution is -2.18. The van der Waals surface area contributed by atoms with E-state index in [1.54, 1.807) is 6.07 Å². The van der Waals surface area contributed by atoms with Gasteiger partial charge in [0.15, 0.2) is 5.82 Å². The lowest BCUT2D eigenvalue weighted by molar-refractivity contribution is -0.173. The normalized spacial score (nSPS) is 11.6. The molecule has 0 saturated carbocycles. The SMILES string of the molecule is Fc1c(Cl)cccc1NCCCOCC(F)(F)F. The number of ether oxygens (including phenoxy) is 1. The van der Waals surface area contributed by atoms with E-state index in [1.807, 2.05) is 0 Å². The van der Waals surface area contributed by atoms with E-state index in [1.165, 1.54) is 12.1 Å². The van der Waals surface area contributed by atoms with Gasteiger partial charge in [0.1, 0.15) is 6.61 Å². The van der Waals surface area contributed by atoms with Crippen molar-refractivity contribution in [3.63, 3.8) is 0 Å². The molecule has 102 valence electrons. The van der Waals surface area contributed by atoms with Crippen LogP contribution in [0.2, 0.25) is 5.02 Å². The van der Waals surface area contributed by atoms with Crippen LogP contribution < -0.4 is 5.32 Å². The van der Waals surface area contributed by atoms with Crippen molar-refractivity contribution in [1.82, 2.24) is 0 Å². The minimum absolute atomic E-state index is 0.00618. The first-order chi connectivity index (χ1) is 8.40. The summed E-state index contributed by atoms with van der Waals surface area (Å²) >= 11 is 5.56. The van der Waals surface area contributed by atoms with Crippen LogP contribution in [0.3, 0.4) is 0 Å². The van der Waals surface area contributed by atoms with Crippen molar-refractivity contribution in [3.8, 4) is 0 Å². The molecule has 0 radical (unpaired) electrons. The van der Waals surface area contributed by atoms with Crippen LogP contribution in [-0.2, 0) is 4.74 Å². The van der Waals surface area contributed by atoms with Crippen LogP contribution in [0.25, 0.3) is 0 Å². The van der Waals surface area contributed by atoms with Gasteiger partial charge in [-0.2, -0.15) is 13.2 Å². The second-order valence-electron chi connectivity index (χ2n) is 3.55. The number of halogens is 5. The molecule has 1 aromatic carbocycles. The second-order valence-corrected chi connectivity index (χ2v) is 3.96. The van der Waals surface area contributed by atoms with Crippen LogP contribution in [0.15, 0.2) is 18.2 Å². The van der Waals surface area contributed by atoms with Crippen molar-refractivity contribution in [2.75, 3.05) is 25.1 Å². The molecule has 0 amide bonds. The van der Waals surface area contributed by atoms with Gasteiger partial charge in [0, 0.05) is 13.2 Å². The highest BCUT2D eigenvalue weighted by Gasteiger charge is 2.27. The fourth-order valence-electron chi connectivity index (χ4n) is 1.23. The summed E-state index contributed by atoms with van der Waals surface area (Å²) in [6.07, 6.45) is -3.98. The molecule has 7 heteroatoms. The lowest BCUT2D eigenvalue weighted by Gasteiger charge is -2.09. The topological polar surface area (TPSA) is 21.3 Å². The molecule has 1 N–H and O–H groups in total. The maximum absolute atomic E-state index is 13.4. The molecule has 0 fully saturated rings. The highest BCUT2D eigenvalue weighted by molar-refractivity contribution is 6.31. The molecule has 1 aromatic rings. The van der Waals surface area contributed by atoms with Gasteiger partial charge < -0.3 is 10.1 Å². The van der Waals surface area contributed by atoms with Crippen LogP contribution in [0.1, 0.15) is 6.42 Å². The Bertz CT molecular complexity index is 384. The maximum Gasteiger partial charge on any atom is 0.411 e. The molecule has 0 aromatic heterocycles. The van der Waals surface area contributed by atoms with E-state index in [0.29, 0.717) is 13.0 Å². The number of nitrogens with one attached hydrogen (secondary N) is 1. The Morgan fingerprint density at radius 1 is 1.28 bits per heavy atom. The van der Waals surface area contributed by atoms with E-state index in [-0.39, 0.29) is 17.3 Å². The number of alkyl halides is 3. The van der Waals surface area contributed by atoms with Crippen molar-refractivity contribution < 1.29 is 22.3 Å². The quantitative estimate of drug-likeness (QED) is 0.633. The van der Waals surface area contributed by atoms with Gasteiger partial charge >= 0.3 is 6.18 Å². The molecule has 2 nitrogen and oxygen atoms in total. The van der Waals surface area contributed by atoms with E-state index in [4.69, 9.17) is 11.6 Å². The molecule has 0 aliphatic heterocycles. The summed E-state index contributed by atoms with van der Waals surface area (Å²) < 4.78 is 52.9. The van der Waals surface area contributed by atoms with Crippen molar-refractivity contribution in [3.05, 3.63) is 29.0 Å². The summed E-state index contributed by atoms with van der Waals surface area (Å²) in [5.74, 6) is -0.574. The molecular formula is C11H12ClF4NO. The number of rotatable bonds is 6. The van der Waals surface area contributed by atoms with Gasteiger partial charge in [-0.3, -0.25) is 0 Å². The molecule has 0 heterocycles. The molecule has 0 spiro atoms. The first-order valence-corrected chi connectivity index (χ1v) is 5.60. The standard InChI is InChI=1S/C11H12ClF4NO/c12-8-3-1-4-9(10(8)13)17-5-2-6-18-7-11(14,15)16/h1,3-4,17H,2,5-7H2. The molecule has 18 heavy (non-hydrogen) atoms. The molecule has 0 bridgehead atoms. The molecule has 0 unspecified atom stereocenters. The molecule has 1 rings (SSSR count). The van der Waals surface area contributed by atoms with Gasteiger partial charge in [-0.05, 0) is 18.6 Å². The smallest absolute Gasteiger partial charge is 0.383 e. The van der Waals surface area contributed by atoms with Gasteiger partial charge in [-0.15, -0.1) is 0 Å². The van der Waals surface area contributed by atoms with Crippen LogP contribution in [0.4, 0.5) is 23.2 Å². The Morgan fingerprint density at radius 2 is 2.00 bits per heavy atom. The van der Waals surface area contributed by atoms with Gasteiger partial charge in [-0.1, -0.05) is 17.7 Å². The zero-order valence-corrected chi connectivity index (χ0v) is 10.1. The third-order valence-corrected chi connectivity index (χ3v) is 2.29. The molecule has 0 aliphatic rings. The lowest BCUT2D eigenvalue weighted by atomic mass is 10.3. The van der Waals surface area contributed by atoms with E-state index < -0.39 is 18.6 Å². The van der Waals surface area contributed by atoms with Crippen LogP contribution in [0, 0.1) is 5.82 Å². The zero-order chi connectivity index (χ0) is 13.6. The third kappa shape index (κ3) is 5.55. The van der Waals surface area contributed by atoms with Crippen molar-refractivity contribution >= 4 is 17.3 Å². The monoisotopic (exact) mass is 285 g/mol. The molecule has 0 saturated heterocycles. The Kier molecular flexibility index (Phi) is 5.68. The highest BCUT2D eigenvalue weighted by Crippen LogP contribution is 2.21. The van der Waals surface area contributed by atoms with E-state index in [0.717, 1.165) is 0 Å². The molecular weight excluding hydrogens is 274 g/mol. The fraction of sp³-hybridized carbons (Fsp3) is 0.455. The van der Waals surface area contributed by atoms with Gasteiger partial charge in [0.2, 0.25) is 0 Å². The summed E-state index contributed by atoms with van der Waals surface area (Å²) in [4.78, 5) is 0. The number of anilines is 1. The van der Waals surface area contributed by atoms with Crippen LogP contribution in [0.5, 0.6) is 0 Å². The van der Waals surface area contributed by atoms with Gasteiger partial charge in [0.25, 0.3) is 0 Å². The van der Waals surface area contributed by atoms with Crippen molar-refractivity contribution in [2.45, 2.75) is 12.6 Å². The Hall–Kier alpha value is -1.01. The first-order valence-electron chi connectivity index (χ1n) is 5.22. The summed E-state index contributed by atoms with van der Waals surface area (Å²) in [6.45, 7) is -1.01. The number of hydrogen-bond donors (Lipinski definition) is 1. The maximum atomic E-state index is 13.4. The Labute approximate surface area is 107 Å². The average Bonchev–Trinajstić information content (AvgIpc) is 2.27. The first kappa shape index (κ1) is 15.0. The number of hydrogen-bond acceptors (Lipinski definition) is 2. The van der Waals surface area contributed by atoms with Crippen LogP contribution >= 0.6 is 11.6 Å². The summed E-state index contributed by atoms with van der Waals surface area (Å²) in [5, 5.41) is 2.72. The minimum atomic E-state index is -4.31. The largest absolute Gasteiger partial charge is 0.411 e. The average molecular weight is 286 g/mol. The van der Waals surface area contributed by atoms with Gasteiger partial charge in [-0.25, -0.2) is 4.39 Å². The van der Waals surface area contributed by atoms with E-state index >= 15 is 0 Å². The molecule has 0 aliphatic carbocycles. The minimum Gasteiger partial charge on any atom is -0.383 e. The Morgan fingerprint density at radius 3 is 2.67 bits per heavy atom. The predicted molar refractivity (Wildman–Crippen MR) is 61.4 cm³/mol.